The SMILES string of the molecule is CCn1cc(C)cc(Cc2ccccc2)c1=O. The Hall–Kier alpha value is -1.83. The lowest BCUT2D eigenvalue weighted by molar-refractivity contribution is 0.713. The minimum absolute atomic E-state index is 0.127. The summed E-state index contributed by atoms with van der Waals surface area (Å²) in [4.78, 5) is 12.1. The lowest BCUT2D eigenvalue weighted by atomic mass is 10.1. The monoisotopic (exact) mass is 227 g/mol. The zero-order chi connectivity index (χ0) is 12.3. The molecule has 0 fully saturated rings. The second-order valence-electron chi connectivity index (χ2n) is 4.30. The van der Waals surface area contributed by atoms with E-state index in [9.17, 15) is 4.79 Å². The van der Waals surface area contributed by atoms with E-state index in [4.69, 9.17) is 0 Å². The number of nitrogens with zero attached hydrogens (tertiary/aromatic N) is 1. The third-order valence-corrected chi connectivity index (χ3v) is 2.88. The van der Waals surface area contributed by atoms with Gasteiger partial charge in [0.25, 0.3) is 5.56 Å². The van der Waals surface area contributed by atoms with Crippen molar-refractivity contribution in [2.75, 3.05) is 0 Å². The van der Waals surface area contributed by atoms with E-state index in [1.165, 1.54) is 5.56 Å². The predicted octanol–water partition coefficient (Wildman–Crippen LogP) is 2.77. The van der Waals surface area contributed by atoms with Gasteiger partial charge in [0.05, 0.1) is 0 Å². The van der Waals surface area contributed by atoms with E-state index < -0.39 is 0 Å². The van der Waals surface area contributed by atoms with Gasteiger partial charge in [0, 0.05) is 24.7 Å². The summed E-state index contributed by atoms with van der Waals surface area (Å²) in [6, 6.07) is 12.1. The molecule has 0 unspecified atom stereocenters. The van der Waals surface area contributed by atoms with Gasteiger partial charge in [-0.25, -0.2) is 0 Å². The van der Waals surface area contributed by atoms with Crippen LogP contribution in [0.4, 0.5) is 0 Å². The Morgan fingerprint density at radius 1 is 1.18 bits per heavy atom. The second kappa shape index (κ2) is 5.00. The quantitative estimate of drug-likeness (QED) is 0.790. The van der Waals surface area contributed by atoms with Crippen LogP contribution in [0.2, 0.25) is 0 Å². The van der Waals surface area contributed by atoms with Crippen molar-refractivity contribution in [2.24, 2.45) is 0 Å². The molecule has 17 heavy (non-hydrogen) atoms. The van der Waals surface area contributed by atoms with Crippen LogP contribution in [0, 0.1) is 6.92 Å². The van der Waals surface area contributed by atoms with E-state index in [0.29, 0.717) is 6.42 Å². The first kappa shape index (κ1) is 11.6. The molecule has 0 N–H and O–H groups in total. The smallest absolute Gasteiger partial charge is 0.254 e. The zero-order valence-corrected chi connectivity index (χ0v) is 10.3. The fourth-order valence-electron chi connectivity index (χ4n) is 2.04. The summed E-state index contributed by atoms with van der Waals surface area (Å²) < 4.78 is 1.77. The summed E-state index contributed by atoms with van der Waals surface area (Å²) >= 11 is 0. The molecule has 1 aromatic carbocycles. The van der Waals surface area contributed by atoms with Crippen molar-refractivity contribution in [1.29, 1.82) is 0 Å². The number of rotatable bonds is 3. The highest BCUT2D eigenvalue weighted by Gasteiger charge is 2.04. The maximum absolute atomic E-state index is 12.1. The molecule has 0 aliphatic heterocycles. The van der Waals surface area contributed by atoms with Gasteiger partial charge in [-0.15, -0.1) is 0 Å². The average molecular weight is 227 g/mol. The summed E-state index contributed by atoms with van der Waals surface area (Å²) in [5.74, 6) is 0. The predicted molar refractivity (Wildman–Crippen MR) is 70.4 cm³/mol. The van der Waals surface area contributed by atoms with Crippen LogP contribution in [0.15, 0.2) is 47.4 Å². The van der Waals surface area contributed by atoms with Crippen LogP contribution in [0.25, 0.3) is 0 Å². The van der Waals surface area contributed by atoms with Crippen LogP contribution in [0.3, 0.4) is 0 Å². The minimum Gasteiger partial charge on any atom is -0.315 e. The Morgan fingerprint density at radius 3 is 2.53 bits per heavy atom. The number of hydrogen-bond acceptors (Lipinski definition) is 1. The lowest BCUT2D eigenvalue weighted by Gasteiger charge is -2.08. The molecule has 2 nitrogen and oxygen atoms in total. The van der Waals surface area contributed by atoms with Crippen molar-refractivity contribution >= 4 is 0 Å². The summed E-state index contributed by atoms with van der Waals surface area (Å²) in [5, 5.41) is 0. The molecule has 0 aliphatic carbocycles. The first-order chi connectivity index (χ1) is 8.20. The summed E-state index contributed by atoms with van der Waals surface area (Å²) in [7, 11) is 0. The van der Waals surface area contributed by atoms with Gasteiger partial charge in [-0.3, -0.25) is 4.79 Å². The highest BCUT2D eigenvalue weighted by molar-refractivity contribution is 5.26. The van der Waals surface area contributed by atoms with E-state index in [1.54, 1.807) is 4.57 Å². The topological polar surface area (TPSA) is 22.0 Å². The Balaban J connectivity index is 2.40. The molecule has 0 saturated carbocycles. The molecule has 0 spiro atoms. The summed E-state index contributed by atoms with van der Waals surface area (Å²) in [5.41, 5.74) is 3.32. The number of aryl methyl sites for hydroxylation is 2. The molecule has 0 bridgehead atoms. The van der Waals surface area contributed by atoms with E-state index >= 15 is 0 Å². The summed E-state index contributed by atoms with van der Waals surface area (Å²) in [6.07, 6.45) is 2.62. The van der Waals surface area contributed by atoms with E-state index in [0.717, 1.165) is 17.7 Å². The molecule has 0 amide bonds. The molecule has 0 saturated heterocycles. The minimum atomic E-state index is 0.127. The molecule has 2 aromatic rings. The fraction of sp³-hybridized carbons (Fsp3) is 0.267. The number of hydrogen-bond donors (Lipinski definition) is 0. The van der Waals surface area contributed by atoms with Crippen molar-refractivity contribution in [1.82, 2.24) is 4.57 Å². The molecule has 1 heterocycles. The highest BCUT2D eigenvalue weighted by Crippen LogP contribution is 2.07. The van der Waals surface area contributed by atoms with Crippen LogP contribution in [0.1, 0.15) is 23.6 Å². The van der Waals surface area contributed by atoms with Crippen molar-refractivity contribution in [2.45, 2.75) is 26.8 Å². The molecule has 0 atom stereocenters. The fourth-order valence-corrected chi connectivity index (χ4v) is 2.04. The Kier molecular flexibility index (Phi) is 3.43. The Labute approximate surface area is 102 Å². The maximum atomic E-state index is 12.1. The first-order valence-corrected chi connectivity index (χ1v) is 5.94. The first-order valence-electron chi connectivity index (χ1n) is 5.94. The van der Waals surface area contributed by atoms with Crippen LogP contribution < -0.4 is 5.56 Å². The molecule has 1 aromatic heterocycles. The Morgan fingerprint density at radius 2 is 1.88 bits per heavy atom. The Bertz CT molecular complexity index is 555. The van der Waals surface area contributed by atoms with Gasteiger partial charge in [-0.1, -0.05) is 30.3 Å². The van der Waals surface area contributed by atoms with Crippen molar-refractivity contribution in [3.8, 4) is 0 Å². The standard InChI is InChI=1S/C15H17NO/c1-3-16-11-12(2)9-14(15(16)17)10-13-7-5-4-6-8-13/h4-9,11H,3,10H2,1-2H3. The van der Waals surface area contributed by atoms with Crippen LogP contribution >= 0.6 is 0 Å². The second-order valence-corrected chi connectivity index (χ2v) is 4.30. The van der Waals surface area contributed by atoms with Gasteiger partial charge in [0.15, 0.2) is 0 Å². The lowest BCUT2D eigenvalue weighted by Crippen LogP contribution is -2.23. The van der Waals surface area contributed by atoms with Crippen molar-refractivity contribution in [3.05, 3.63) is 69.6 Å². The molecular formula is C15H17NO. The number of aromatic nitrogens is 1. The van der Waals surface area contributed by atoms with E-state index in [-0.39, 0.29) is 5.56 Å². The molecule has 2 heteroatoms. The molecule has 0 radical (unpaired) electrons. The largest absolute Gasteiger partial charge is 0.315 e. The summed E-state index contributed by atoms with van der Waals surface area (Å²) in [6.45, 7) is 4.75. The van der Waals surface area contributed by atoms with Gasteiger partial charge < -0.3 is 4.57 Å². The van der Waals surface area contributed by atoms with Gasteiger partial charge in [-0.2, -0.15) is 0 Å². The molecule has 2 rings (SSSR count). The number of pyridine rings is 1. The third-order valence-electron chi connectivity index (χ3n) is 2.88. The molecule has 0 aliphatic rings. The van der Waals surface area contributed by atoms with Crippen molar-refractivity contribution < 1.29 is 0 Å². The van der Waals surface area contributed by atoms with Crippen LogP contribution in [-0.4, -0.2) is 4.57 Å². The van der Waals surface area contributed by atoms with Gasteiger partial charge in [0.1, 0.15) is 0 Å². The van der Waals surface area contributed by atoms with E-state index in [2.05, 4.69) is 12.1 Å². The maximum Gasteiger partial charge on any atom is 0.254 e. The van der Waals surface area contributed by atoms with Gasteiger partial charge in [0.2, 0.25) is 0 Å². The normalized spacial score (nSPS) is 10.5. The molecular weight excluding hydrogens is 210 g/mol. The van der Waals surface area contributed by atoms with Crippen molar-refractivity contribution in [3.63, 3.8) is 0 Å². The highest BCUT2D eigenvalue weighted by atomic mass is 16.1. The average Bonchev–Trinajstić information content (AvgIpc) is 2.34. The number of benzene rings is 1. The van der Waals surface area contributed by atoms with E-state index in [1.807, 2.05) is 44.3 Å². The van der Waals surface area contributed by atoms with Gasteiger partial charge >= 0.3 is 0 Å². The third kappa shape index (κ3) is 2.64. The molecule has 88 valence electrons. The van der Waals surface area contributed by atoms with Crippen LogP contribution in [-0.2, 0) is 13.0 Å². The van der Waals surface area contributed by atoms with Gasteiger partial charge in [-0.05, 0) is 31.0 Å². The zero-order valence-electron chi connectivity index (χ0n) is 10.3. The van der Waals surface area contributed by atoms with Crippen LogP contribution in [0.5, 0.6) is 0 Å².